The zero-order chi connectivity index (χ0) is 13.1. The van der Waals surface area contributed by atoms with E-state index in [1.165, 1.54) is 11.3 Å². The van der Waals surface area contributed by atoms with E-state index >= 15 is 0 Å². The number of nitrogens with zero attached hydrogens (tertiary/aromatic N) is 2. The molecule has 0 saturated carbocycles. The van der Waals surface area contributed by atoms with Crippen molar-refractivity contribution in [2.24, 2.45) is 0 Å². The molecule has 0 aliphatic heterocycles. The maximum Gasteiger partial charge on any atom is 0.0663 e. The van der Waals surface area contributed by atoms with E-state index in [2.05, 4.69) is 24.3 Å². The van der Waals surface area contributed by atoms with Gasteiger partial charge in [-0.05, 0) is 57.6 Å². The molecule has 96 valence electrons. The van der Waals surface area contributed by atoms with Crippen LogP contribution in [0.2, 0.25) is 5.02 Å². The Balaban J connectivity index is 2.40. The van der Waals surface area contributed by atoms with Crippen molar-refractivity contribution in [3.8, 4) is 5.69 Å². The second-order valence-electron chi connectivity index (χ2n) is 4.39. The second-order valence-corrected chi connectivity index (χ2v) is 4.83. The van der Waals surface area contributed by atoms with Crippen molar-refractivity contribution < 1.29 is 0 Å². The summed E-state index contributed by atoms with van der Waals surface area (Å²) in [5.41, 5.74) is 4.59. The highest BCUT2D eigenvalue weighted by atomic mass is 35.5. The van der Waals surface area contributed by atoms with Gasteiger partial charge in [0.15, 0.2) is 0 Å². The van der Waals surface area contributed by atoms with Gasteiger partial charge < -0.3 is 5.32 Å². The molecule has 0 aliphatic rings. The van der Waals surface area contributed by atoms with E-state index in [0.29, 0.717) is 0 Å². The first-order chi connectivity index (χ1) is 8.63. The van der Waals surface area contributed by atoms with Gasteiger partial charge in [-0.1, -0.05) is 17.7 Å². The van der Waals surface area contributed by atoms with Crippen molar-refractivity contribution in [2.45, 2.75) is 20.3 Å². The van der Waals surface area contributed by atoms with Crippen LogP contribution in [-0.2, 0) is 6.42 Å². The molecule has 0 spiro atoms. The Morgan fingerprint density at radius 1 is 1.33 bits per heavy atom. The summed E-state index contributed by atoms with van der Waals surface area (Å²) in [6, 6.07) is 7.77. The molecule has 1 aromatic heterocycles. The minimum absolute atomic E-state index is 0.733. The van der Waals surface area contributed by atoms with E-state index in [1.807, 2.05) is 36.0 Å². The number of aromatic nitrogens is 2. The molecule has 2 aromatic rings. The lowest BCUT2D eigenvalue weighted by atomic mass is 10.1. The predicted molar refractivity (Wildman–Crippen MR) is 75.7 cm³/mol. The van der Waals surface area contributed by atoms with Crippen LogP contribution in [-0.4, -0.2) is 23.4 Å². The standard InChI is InChI=1S/C14H18ClN3/c1-10-14(7-8-16-3)11(2)18(17-10)13-6-4-5-12(15)9-13/h4-6,9,16H,7-8H2,1-3H3. The molecule has 3 nitrogen and oxygen atoms in total. The molecule has 4 heteroatoms. The molecular formula is C14H18ClN3. The summed E-state index contributed by atoms with van der Waals surface area (Å²) in [5, 5.41) is 8.51. The Morgan fingerprint density at radius 3 is 2.78 bits per heavy atom. The van der Waals surface area contributed by atoms with Crippen LogP contribution in [0, 0.1) is 13.8 Å². The Hall–Kier alpha value is -1.32. The number of likely N-dealkylation sites (N-methyl/N-ethyl adjacent to an activating group) is 1. The van der Waals surface area contributed by atoms with Crippen molar-refractivity contribution in [1.29, 1.82) is 0 Å². The molecular weight excluding hydrogens is 246 g/mol. The fourth-order valence-corrected chi connectivity index (χ4v) is 2.33. The molecule has 1 N–H and O–H groups in total. The molecule has 1 aromatic carbocycles. The maximum absolute atomic E-state index is 6.03. The second kappa shape index (κ2) is 5.55. The monoisotopic (exact) mass is 263 g/mol. The van der Waals surface area contributed by atoms with E-state index in [1.54, 1.807) is 0 Å². The lowest BCUT2D eigenvalue weighted by molar-refractivity contribution is 0.783. The van der Waals surface area contributed by atoms with Gasteiger partial charge in [0.05, 0.1) is 11.4 Å². The number of halogens is 1. The van der Waals surface area contributed by atoms with Crippen LogP contribution < -0.4 is 5.32 Å². The average molecular weight is 264 g/mol. The van der Waals surface area contributed by atoms with Gasteiger partial charge in [-0.15, -0.1) is 0 Å². The Labute approximate surface area is 113 Å². The predicted octanol–water partition coefficient (Wildman–Crippen LogP) is 2.90. The van der Waals surface area contributed by atoms with Crippen LogP contribution in [0.1, 0.15) is 17.0 Å². The third-order valence-electron chi connectivity index (χ3n) is 3.12. The first-order valence-corrected chi connectivity index (χ1v) is 6.47. The van der Waals surface area contributed by atoms with E-state index in [4.69, 9.17) is 11.6 Å². The number of hydrogen-bond acceptors (Lipinski definition) is 2. The molecule has 0 bridgehead atoms. The van der Waals surface area contributed by atoms with E-state index in [-0.39, 0.29) is 0 Å². The van der Waals surface area contributed by atoms with Crippen molar-refractivity contribution >= 4 is 11.6 Å². The first kappa shape index (κ1) is 13.1. The molecule has 18 heavy (non-hydrogen) atoms. The number of rotatable bonds is 4. The van der Waals surface area contributed by atoms with Crippen molar-refractivity contribution in [3.63, 3.8) is 0 Å². The quantitative estimate of drug-likeness (QED) is 0.919. The number of aryl methyl sites for hydroxylation is 1. The molecule has 0 aliphatic carbocycles. The van der Waals surface area contributed by atoms with Crippen molar-refractivity contribution in [3.05, 3.63) is 46.2 Å². The van der Waals surface area contributed by atoms with Crippen LogP contribution in [0.5, 0.6) is 0 Å². The van der Waals surface area contributed by atoms with Gasteiger partial charge >= 0.3 is 0 Å². The molecule has 0 fully saturated rings. The lowest BCUT2D eigenvalue weighted by Crippen LogP contribution is -2.11. The maximum atomic E-state index is 6.03. The van der Waals surface area contributed by atoms with Gasteiger partial charge in [-0.25, -0.2) is 4.68 Å². The van der Waals surface area contributed by atoms with Crippen LogP contribution in [0.15, 0.2) is 24.3 Å². The van der Waals surface area contributed by atoms with Gasteiger partial charge in [0, 0.05) is 10.7 Å². The summed E-state index contributed by atoms with van der Waals surface area (Å²) in [5.74, 6) is 0. The van der Waals surface area contributed by atoms with Gasteiger partial charge in [0.1, 0.15) is 0 Å². The highest BCUT2D eigenvalue weighted by molar-refractivity contribution is 6.30. The Bertz CT molecular complexity index is 546. The average Bonchev–Trinajstić information content (AvgIpc) is 2.63. The Kier molecular flexibility index (Phi) is 4.04. The zero-order valence-electron chi connectivity index (χ0n) is 11.0. The van der Waals surface area contributed by atoms with Crippen molar-refractivity contribution in [1.82, 2.24) is 15.1 Å². The summed E-state index contributed by atoms with van der Waals surface area (Å²) in [4.78, 5) is 0. The summed E-state index contributed by atoms with van der Waals surface area (Å²) in [6.45, 7) is 5.12. The van der Waals surface area contributed by atoms with E-state index in [9.17, 15) is 0 Å². The van der Waals surface area contributed by atoms with Gasteiger partial charge in [0.2, 0.25) is 0 Å². The fraction of sp³-hybridized carbons (Fsp3) is 0.357. The minimum Gasteiger partial charge on any atom is -0.319 e. The lowest BCUT2D eigenvalue weighted by Gasteiger charge is -2.06. The van der Waals surface area contributed by atoms with Crippen LogP contribution in [0.25, 0.3) is 5.69 Å². The molecule has 0 unspecified atom stereocenters. The number of hydrogen-bond donors (Lipinski definition) is 1. The number of nitrogens with one attached hydrogen (secondary N) is 1. The number of benzene rings is 1. The van der Waals surface area contributed by atoms with E-state index < -0.39 is 0 Å². The topological polar surface area (TPSA) is 29.9 Å². The molecule has 0 saturated heterocycles. The first-order valence-electron chi connectivity index (χ1n) is 6.09. The summed E-state index contributed by atoms with van der Waals surface area (Å²) >= 11 is 6.03. The van der Waals surface area contributed by atoms with Crippen LogP contribution in [0.4, 0.5) is 0 Å². The zero-order valence-corrected chi connectivity index (χ0v) is 11.8. The third kappa shape index (κ3) is 2.57. The molecule has 1 heterocycles. The SMILES string of the molecule is CNCCc1c(C)nn(-c2cccc(Cl)c2)c1C. The Morgan fingerprint density at radius 2 is 2.11 bits per heavy atom. The summed E-state index contributed by atoms with van der Waals surface area (Å²) in [7, 11) is 1.96. The fourth-order valence-electron chi connectivity index (χ4n) is 2.15. The van der Waals surface area contributed by atoms with Crippen molar-refractivity contribution in [2.75, 3.05) is 13.6 Å². The minimum atomic E-state index is 0.733. The summed E-state index contributed by atoms with van der Waals surface area (Å²) < 4.78 is 1.96. The van der Waals surface area contributed by atoms with Gasteiger partial charge in [-0.2, -0.15) is 5.10 Å². The largest absolute Gasteiger partial charge is 0.319 e. The highest BCUT2D eigenvalue weighted by Gasteiger charge is 2.12. The normalized spacial score (nSPS) is 10.9. The molecule has 0 atom stereocenters. The van der Waals surface area contributed by atoms with Gasteiger partial charge in [0.25, 0.3) is 0 Å². The van der Waals surface area contributed by atoms with Crippen LogP contribution >= 0.6 is 11.6 Å². The molecule has 0 radical (unpaired) electrons. The van der Waals surface area contributed by atoms with Crippen LogP contribution in [0.3, 0.4) is 0 Å². The third-order valence-corrected chi connectivity index (χ3v) is 3.35. The molecule has 2 rings (SSSR count). The van der Waals surface area contributed by atoms with Gasteiger partial charge in [-0.3, -0.25) is 0 Å². The smallest absolute Gasteiger partial charge is 0.0663 e. The molecule has 0 amide bonds. The van der Waals surface area contributed by atoms with E-state index in [0.717, 1.165) is 29.4 Å². The highest BCUT2D eigenvalue weighted by Crippen LogP contribution is 2.20. The summed E-state index contributed by atoms with van der Waals surface area (Å²) in [6.07, 6.45) is 0.995.